The van der Waals surface area contributed by atoms with Gasteiger partial charge in [-0.05, 0) is 37.2 Å². The fourth-order valence-corrected chi connectivity index (χ4v) is 3.29. The van der Waals surface area contributed by atoms with Crippen molar-refractivity contribution in [1.82, 2.24) is 9.80 Å². The molecule has 3 rings (SSSR count). The average molecular weight is 393 g/mol. The van der Waals surface area contributed by atoms with Crippen molar-refractivity contribution in [3.8, 4) is 5.75 Å². The summed E-state index contributed by atoms with van der Waals surface area (Å²) < 4.78 is 5.36. The van der Waals surface area contributed by atoms with E-state index >= 15 is 0 Å². The number of hydrogen-bond donors (Lipinski definition) is 1. The average Bonchev–Trinajstić information content (AvgIpc) is 3.01. The zero-order valence-electron chi connectivity index (χ0n) is 17.5. The second kappa shape index (κ2) is 8.92. The Bertz CT molecular complexity index is 963. The molecule has 6 heteroatoms. The fraction of sp³-hybridized carbons (Fsp3) is 0.304. The molecule has 2 aromatic rings. The van der Waals surface area contributed by atoms with Gasteiger partial charge in [-0.15, -0.1) is 0 Å². The van der Waals surface area contributed by atoms with Crippen LogP contribution in [0, 0.1) is 6.92 Å². The van der Waals surface area contributed by atoms with Crippen molar-refractivity contribution in [1.29, 1.82) is 0 Å². The third kappa shape index (κ3) is 5.03. The van der Waals surface area contributed by atoms with E-state index in [2.05, 4.69) is 31.0 Å². The first-order chi connectivity index (χ1) is 13.8. The Hall–Kier alpha value is -3.12. The molecule has 0 spiro atoms. The van der Waals surface area contributed by atoms with Crippen molar-refractivity contribution >= 4 is 11.8 Å². The van der Waals surface area contributed by atoms with Crippen LogP contribution in [0.3, 0.4) is 0 Å². The summed E-state index contributed by atoms with van der Waals surface area (Å²) in [6.45, 7) is 4.08. The molecule has 0 aliphatic carbocycles. The molecule has 0 saturated heterocycles. The number of amides is 1. The van der Waals surface area contributed by atoms with E-state index in [4.69, 9.17) is 15.5 Å². The summed E-state index contributed by atoms with van der Waals surface area (Å²) in [6.07, 6.45) is -0.404. The normalized spacial score (nSPS) is 15.0. The first-order valence-corrected chi connectivity index (χ1v) is 9.60. The molecule has 0 atom stereocenters. The van der Waals surface area contributed by atoms with Crippen LogP contribution < -0.4 is 10.5 Å². The van der Waals surface area contributed by atoms with Gasteiger partial charge < -0.3 is 15.4 Å². The number of aryl methyl sites for hydroxylation is 1. The molecule has 6 nitrogen and oxygen atoms in total. The lowest BCUT2D eigenvalue weighted by atomic mass is 9.97. The largest absolute Gasteiger partial charge is 0.414 e. The van der Waals surface area contributed by atoms with Gasteiger partial charge in [-0.3, -0.25) is 9.89 Å². The lowest BCUT2D eigenvalue weighted by molar-refractivity contribution is 0.172. The first-order valence-electron chi connectivity index (χ1n) is 9.60. The molecule has 0 radical (unpaired) electrons. The molecule has 1 aliphatic heterocycles. The number of rotatable bonds is 5. The van der Waals surface area contributed by atoms with E-state index in [9.17, 15) is 4.79 Å². The van der Waals surface area contributed by atoms with Gasteiger partial charge in [-0.2, -0.15) is 0 Å². The Morgan fingerprint density at radius 1 is 1.17 bits per heavy atom. The number of carbonyl (C=O) groups is 1. The Kier molecular flexibility index (Phi) is 6.34. The molecule has 0 saturated carbocycles. The topological polar surface area (TPSA) is 71.2 Å². The quantitative estimate of drug-likeness (QED) is 0.793. The SMILES string of the molecule is Cc1ccccc1C(=NCc1cccc(OC(=O)N(C)C)c1)C1=C(N)CN(C)C1. The molecule has 0 fully saturated rings. The zero-order chi connectivity index (χ0) is 21.0. The molecular formula is C23H28N4O2. The van der Waals surface area contributed by atoms with Crippen molar-refractivity contribution < 1.29 is 9.53 Å². The molecule has 2 N–H and O–H groups in total. The fourth-order valence-electron chi connectivity index (χ4n) is 3.29. The highest BCUT2D eigenvalue weighted by molar-refractivity contribution is 6.14. The molecular weight excluding hydrogens is 364 g/mol. The monoisotopic (exact) mass is 392 g/mol. The summed E-state index contributed by atoms with van der Waals surface area (Å²) in [4.78, 5) is 20.3. The second-order valence-corrected chi connectivity index (χ2v) is 7.57. The Morgan fingerprint density at radius 3 is 2.59 bits per heavy atom. The lowest BCUT2D eigenvalue weighted by Gasteiger charge is -2.14. The zero-order valence-corrected chi connectivity index (χ0v) is 17.5. The summed E-state index contributed by atoms with van der Waals surface area (Å²) in [5.41, 5.74) is 12.4. The van der Waals surface area contributed by atoms with E-state index in [1.807, 2.05) is 30.3 Å². The first kappa shape index (κ1) is 20.6. The Morgan fingerprint density at radius 2 is 1.93 bits per heavy atom. The standard InChI is InChI=1S/C23H28N4O2/c1-16-8-5-6-11-19(16)22(20-14-27(4)15-21(20)24)25-13-17-9-7-10-18(12-17)29-23(28)26(2)3/h5-12H,13-15,24H2,1-4H3. The molecule has 152 valence electrons. The predicted octanol–water partition coefficient (Wildman–Crippen LogP) is 3.20. The van der Waals surface area contributed by atoms with E-state index in [0.717, 1.165) is 46.8 Å². The molecule has 0 unspecified atom stereocenters. The van der Waals surface area contributed by atoms with Crippen molar-refractivity contribution in [2.75, 3.05) is 34.2 Å². The Balaban J connectivity index is 1.91. The van der Waals surface area contributed by atoms with Crippen molar-refractivity contribution in [3.63, 3.8) is 0 Å². The van der Waals surface area contributed by atoms with E-state index in [1.54, 1.807) is 20.2 Å². The summed E-state index contributed by atoms with van der Waals surface area (Å²) >= 11 is 0. The van der Waals surface area contributed by atoms with Gasteiger partial charge in [0.1, 0.15) is 5.75 Å². The molecule has 2 aromatic carbocycles. The van der Waals surface area contributed by atoms with Gasteiger partial charge in [0.25, 0.3) is 0 Å². The van der Waals surface area contributed by atoms with Crippen LogP contribution in [-0.2, 0) is 6.54 Å². The minimum absolute atomic E-state index is 0.404. The van der Waals surface area contributed by atoms with Crippen molar-refractivity contribution in [2.24, 2.45) is 10.7 Å². The van der Waals surface area contributed by atoms with Crippen LogP contribution in [0.5, 0.6) is 5.75 Å². The van der Waals surface area contributed by atoms with Gasteiger partial charge in [0, 0.05) is 44.0 Å². The van der Waals surface area contributed by atoms with Gasteiger partial charge >= 0.3 is 6.09 Å². The van der Waals surface area contributed by atoms with E-state index in [-0.39, 0.29) is 0 Å². The number of nitrogens with zero attached hydrogens (tertiary/aromatic N) is 3. The summed E-state index contributed by atoms with van der Waals surface area (Å²) in [6, 6.07) is 15.7. The smallest absolute Gasteiger partial charge is 0.410 e. The van der Waals surface area contributed by atoms with Crippen molar-refractivity contribution in [2.45, 2.75) is 13.5 Å². The van der Waals surface area contributed by atoms with Crippen LogP contribution in [0.2, 0.25) is 0 Å². The summed E-state index contributed by atoms with van der Waals surface area (Å²) in [5, 5.41) is 0. The summed E-state index contributed by atoms with van der Waals surface area (Å²) in [5.74, 6) is 0.508. The number of nitrogens with two attached hydrogens (primary N) is 1. The van der Waals surface area contributed by atoms with Gasteiger partial charge in [-0.1, -0.05) is 36.4 Å². The van der Waals surface area contributed by atoms with Crippen LogP contribution >= 0.6 is 0 Å². The maximum atomic E-state index is 11.8. The van der Waals surface area contributed by atoms with Gasteiger partial charge in [0.05, 0.1) is 12.3 Å². The number of hydrogen-bond acceptors (Lipinski definition) is 5. The highest BCUT2D eigenvalue weighted by Gasteiger charge is 2.23. The van der Waals surface area contributed by atoms with Gasteiger partial charge in [0.15, 0.2) is 0 Å². The maximum Gasteiger partial charge on any atom is 0.414 e. The number of aliphatic imine (C=N–C) groups is 1. The van der Waals surface area contributed by atoms with E-state index in [0.29, 0.717) is 12.3 Å². The molecule has 0 bridgehead atoms. The molecule has 0 aromatic heterocycles. The van der Waals surface area contributed by atoms with Crippen LogP contribution in [0.25, 0.3) is 0 Å². The lowest BCUT2D eigenvalue weighted by Crippen LogP contribution is -2.25. The number of benzene rings is 2. The predicted molar refractivity (Wildman–Crippen MR) is 116 cm³/mol. The third-order valence-corrected chi connectivity index (χ3v) is 4.83. The van der Waals surface area contributed by atoms with Gasteiger partial charge in [-0.25, -0.2) is 4.79 Å². The molecule has 1 aliphatic rings. The second-order valence-electron chi connectivity index (χ2n) is 7.57. The van der Waals surface area contributed by atoms with Crippen LogP contribution in [0.1, 0.15) is 16.7 Å². The van der Waals surface area contributed by atoms with E-state index in [1.165, 1.54) is 4.90 Å². The molecule has 1 heterocycles. The van der Waals surface area contributed by atoms with Crippen LogP contribution in [0.15, 0.2) is 64.8 Å². The van der Waals surface area contributed by atoms with Crippen LogP contribution in [0.4, 0.5) is 4.79 Å². The number of ether oxygens (including phenoxy) is 1. The van der Waals surface area contributed by atoms with E-state index < -0.39 is 6.09 Å². The van der Waals surface area contributed by atoms with Gasteiger partial charge in [0.2, 0.25) is 0 Å². The van der Waals surface area contributed by atoms with Crippen LogP contribution in [-0.4, -0.2) is 55.8 Å². The summed E-state index contributed by atoms with van der Waals surface area (Å²) in [7, 11) is 5.36. The van der Waals surface area contributed by atoms with Crippen molar-refractivity contribution in [3.05, 3.63) is 76.5 Å². The molecule has 1 amide bonds. The Labute approximate surface area is 172 Å². The highest BCUT2D eigenvalue weighted by atomic mass is 16.6. The highest BCUT2D eigenvalue weighted by Crippen LogP contribution is 2.22. The number of likely N-dealkylation sites (N-methyl/N-ethyl adjacent to an activating group) is 1. The maximum absolute atomic E-state index is 11.8. The molecule has 29 heavy (non-hydrogen) atoms. The number of carbonyl (C=O) groups excluding carboxylic acids is 1. The third-order valence-electron chi connectivity index (χ3n) is 4.83. The minimum Gasteiger partial charge on any atom is -0.410 e. The minimum atomic E-state index is -0.404.